The predicted molar refractivity (Wildman–Crippen MR) is 110 cm³/mol. The Morgan fingerprint density at radius 1 is 1.07 bits per heavy atom. The first-order valence-corrected chi connectivity index (χ1v) is 10.9. The molecule has 8 heteroatoms. The SMILES string of the molecule is CCOc1cc(NC(c2ccc(Cl)cc2)c2cccc(S(C)(=O)=O)c2)ncn1. The van der Waals surface area contributed by atoms with Crippen molar-refractivity contribution in [2.75, 3.05) is 18.2 Å². The van der Waals surface area contributed by atoms with Gasteiger partial charge in [-0.05, 0) is 42.3 Å². The third-order valence-corrected chi connectivity index (χ3v) is 5.41. The summed E-state index contributed by atoms with van der Waals surface area (Å²) in [6.45, 7) is 2.37. The molecule has 0 aliphatic carbocycles. The highest BCUT2D eigenvalue weighted by Gasteiger charge is 2.18. The van der Waals surface area contributed by atoms with Crippen LogP contribution in [0, 0.1) is 0 Å². The van der Waals surface area contributed by atoms with Crippen LogP contribution in [0.3, 0.4) is 0 Å². The number of anilines is 1. The topological polar surface area (TPSA) is 81.2 Å². The molecule has 6 nitrogen and oxygen atoms in total. The molecule has 0 saturated carbocycles. The molecule has 1 N–H and O–H groups in total. The van der Waals surface area contributed by atoms with E-state index in [1.165, 1.54) is 12.6 Å². The van der Waals surface area contributed by atoms with Crippen molar-refractivity contribution in [3.8, 4) is 5.88 Å². The van der Waals surface area contributed by atoms with Crippen molar-refractivity contribution in [1.29, 1.82) is 0 Å². The van der Waals surface area contributed by atoms with Crippen LogP contribution in [-0.2, 0) is 9.84 Å². The molecule has 0 bridgehead atoms. The van der Waals surface area contributed by atoms with Crippen LogP contribution in [0.4, 0.5) is 5.82 Å². The van der Waals surface area contributed by atoms with Crippen LogP contribution in [0.1, 0.15) is 24.1 Å². The van der Waals surface area contributed by atoms with Crippen molar-refractivity contribution in [3.05, 3.63) is 77.1 Å². The van der Waals surface area contributed by atoms with Gasteiger partial charge in [-0.1, -0.05) is 35.9 Å². The first-order chi connectivity index (χ1) is 13.4. The summed E-state index contributed by atoms with van der Waals surface area (Å²) in [5, 5.41) is 3.96. The molecule has 3 rings (SSSR count). The van der Waals surface area contributed by atoms with Gasteiger partial charge < -0.3 is 10.1 Å². The minimum Gasteiger partial charge on any atom is -0.478 e. The van der Waals surface area contributed by atoms with Gasteiger partial charge >= 0.3 is 0 Å². The number of aromatic nitrogens is 2. The molecular formula is C20H20ClN3O3S. The fraction of sp³-hybridized carbons (Fsp3) is 0.200. The van der Waals surface area contributed by atoms with Crippen LogP contribution < -0.4 is 10.1 Å². The van der Waals surface area contributed by atoms with Gasteiger partial charge in [0.25, 0.3) is 0 Å². The smallest absolute Gasteiger partial charge is 0.218 e. The Morgan fingerprint density at radius 2 is 1.82 bits per heavy atom. The fourth-order valence-electron chi connectivity index (χ4n) is 2.73. The van der Waals surface area contributed by atoms with E-state index in [4.69, 9.17) is 16.3 Å². The lowest BCUT2D eigenvalue weighted by molar-refractivity contribution is 0.326. The van der Waals surface area contributed by atoms with Gasteiger partial charge in [-0.3, -0.25) is 0 Å². The summed E-state index contributed by atoms with van der Waals surface area (Å²) in [4.78, 5) is 8.58. The second kappa shape index (κ2) is 8.58. The van der Waals surface area contributed by atoms with E-state index in [2.05, 4.69) is 15.3 Å². The average molecular weight is 418 g/mol. The lowest BCUT2D eigenvalue weighted by Gasteiger charge is -2.21. The first kappa shape index (κ1) is 20.1. The standard InChI is InChI=1S/C20H20ClN3O3S/c1-3-27-19-12-18(22-13-23-19)24-20(14-7-9-16(21)10-8-14)15-5-4-6-17(11-15)28(2,25)26/h4-13,20H,3H2,1-2H3,(H,22,23,24). The van der Waals surface area contributed by atoms with Crippen molar-refractivity contribution in [1.82, 2.24) is 9.97 Å². The lowest BCUT2D eigenvalue weighted by atomic mass is 9.98. The third-order valence-electron chi connectivity index (χ3n) is 4.05. The summed E-state index contributed by atoms with van der Waals surface area (Å²) < 4.78 is 29.4. The number of nitrogens with zero attached hydrogens (tertiary/aromatic N) is 2. The summed E-state index contributed by atoms with van der Waals surface area (Å²) in [5.74, 6) is 1.02. The Balaban J connectivity index is 2.03. The minimum atomic E-state index is -3.33. The van der Waals surface area contributed by atoms with Crippen molar-refractivity contribution in [2.24, 2.45) is 0 Å². The van der Waals surface area contributed by atoms with E-state index < -0.39 is 9.84 Å². The summed E-state index contributed by atoms with van der Waals surface area (Å²) in [5.41, 5.74) is 1.69. The van der Waals surface area contributed by atoms with E-state index in [-0.39, 0.29) is 10.9 Å². The molecular weight excluding hydrogens is 398 g/mol. The Kier molecular flexibility index (Phi) is 6.16. The van der Waals surface area contributed by atoms with Gasteiger partial charge in [0.1, 0.15) is 12.1 Å². The van der Waals surface area contributed by atoms with Gasteiger partial charge in [0, 0.05) is 17.3 Å². The number of ether oxygens (including phenoxy) is 1. The van der Waals surface area contributed by atoms with E-state index in [0.29, 0.717) is 23.3 Å². The van der Waals surface area contributed by atoms with Crippen LogP contribution >= 0.6 is 11.6 Å². The molecule has 3 aromatic rings. The third kappa shape index (κ3) is 4.99. The highest BCUT2D eigenvalue weighted by Crippen LogP contribution is 2.29. The van der Waals surface area contributed by atoms with Crippen molar-refractivity contribution in [2.45, 2.75) is 17.9 Å². The van der Waals surface area contributed by atoms with Gasteiger partial charge in [-0.2, -0.15) is 0 Å². The second-order valence-corrected chi connectivity index (χ2v) is 8.60. The predicted octanol–water partition coefficient (Wildman–Crippen LogP) is 4.13. The molecule has 2 aromatic carbocycles. The highest BCUT2D eigenvalue weighted by molar-refractivity contribution is 7.90. The maximum atomic E-state index is 12.0. The minimum absolute atomic E-state index is 0.253. The maximum absolute atomic E-state index is 12.0. The highest BCUT2D eigenvalue weighted by atomic mass is 35.5. The molecule has 0 amide bonds. The van der Waals surface area contributed by atoms with E-state index in [9.17, 15) is 8.42 Å². The maximum Gasteiger partial charge on any atom is 0.218 e. The van der Waals surface area contributed by atoms with Gasteiger partial charge in [0.15, 0.2) is 9.84 Å². The van der Waals surface area contributed by atoms with E-state index in [1.807, 2.05) is 25.1 Å². The fourth-order valence-corrected chi connectivity index (χ4v) is 3.53. The monoisotopic (exact) mass is 417 g/mol. The molecule has 0 aliphatic heterocycles. The first-order valence-electron chi connectivity index (χ1n) is 8.63. The number of sulfone groups is 1. The van der Waals surface area contributed by atoms with Crippen LogP contribution in [0.2, 0.25) is 5.02 Å². The molecule has 0 saturated heterocycles. The zero-order valence-corrected chi connectivity index (χ0v) is 17.0. The van der Waals surface area contributed by atoms with Crippen molar-refractivity contribution >= 4 is 27.3 Å². The average Bonchev–Trinajstić information content (AvgIpc) is 2.67. The van der Waals surface area contributed by atoms with Crippen LogP contribution in [0.5, 0.6) is 5.88 Å². The molecule has 0 aliphatic rings. The van der Waals surface area contributed by atoms with E-state index >= 15 is 0 Å². The van der Waals surface area contributed by atoms with Crippen molar-refractivity contribution < 1.29 is 13.2 Å². The van der Waals surface area contributed by atoms with Gasteiger partial charge in [0.2, 0.25) is 5.88 Å². The number of hydrogen-bond acceptors (Lipinski definition) is 6. The lowest BCUT2D eigenvalue weighted by Crippen LogP contribution is -2.14. The number of benzene rings is 2. The molecule has 0 radical (unpaired) electrons. The molecule has 146 valence electrons. The Bertz CT molecular complexity index is 1060. The zero-order chi connectivity index (χ0) is 20.1. The van der Waals surface area contributed by atoms with Gasteiger partial charge in [0.05, 0.1) is 17.5 Å². The zero-order valence-electron chi connectivity index (χ0n) is 15.5. The summed E-state index contributed by atoms with van der Waals surface area (Å²) >= 11 is 6.03. The second-order valence-electron chi connectivity index (χ2n) is 6.15. The molecule has 1 aromatic heterocycles. The molecule has 0 spiro atoms. The van der Waals surface area contributed by atoms with Crippen LogP contribution in [0.15, 0.2) is 65.8 Å². The number of nitrogens with one attached hydrogen (secondary N) is 1. The normalized spacial score (nSPS) is 12.4. The summed E-state index contributed by atoms with van der Waals surface area (Å²) in [6, 6.07) is 15.5. The Labute approximate surface area is 169 Å². The summed E-state index contributed by atoms with van der Waals surface area (Å²) in [6.07, 6.45) is 2.61. The molecule has 1 heterocycles. The van der Waals surface area contributed by atoms with Crippen LogP contribution in [0.25, 0.3) is 0 Å². The van der Waals surface area contributed by atoms with Crippen molar-refractivity contribution in [3.63, 3.8) is 0 Å². The van der Waals surface area contributed by atoms with Crippen LogP contribution in [-0.4, -0.2) is 31.2 Å². The quantitative estimate of drug-likeness (QED) is 0.622. The number of hydrogen-bond donors (Lipinski definition) is 1. The Morgan fingerprint density at radius 3 is 2.50 bits per heavy atom. The largest absolute Gasteiger partial charge is 0.478 e. The number of rotatable bonds is 7. The molecule has 28 heavy (non-hydrogen) atoms. The number of halogens is 1. The van der Waals surface area contributed by atoms with Gasteiger partial charge in [-0.15, -0.1) is 0 Å². The van der Waals surface area contributed by atoms with Gasteiger partial charge in [-0.25, -0.2) is 18.4 Å². The molecule has 1 unspecified atom stereocenters. The van der Waals surface area contributed by atoms with E-state index in [1.54, 1.807) is 36.4 Å². The molecule has 0 fully saturated rings. The Hall–Kier alpha value is -2.64. The van der Waals surface area contributed by atoms with E-state index in [0.717, 1.165) is 11.1 Å². The molecule has 1 atom stereocenters. The summed E-state index contributed by atoms with van der Waals surface area (Å²) in [7, 11) is -3.33.